The Balaban J connectivity index is 1.13. The number of aromatic carboxylic acids is 1. The number of carboxylic acids is 1. The van der Waals surface area contributed by atoms with E-state index in [1.165, 1.54) is 12.4 Å². The summed E-state index contributed by atoms with van der Waals surface area (Å²) in [6.07, 6.45) is 1.50. The maximum Gasteiger partial charge on any atom is 0.336 e. The fourth-order valence-electron chi connectivity index (χ4n) is 5.91. The highest BCUT2D eigenvalue weighted by Gasteiger charge is 2.24. The molecule has 0 atom stereocenters. The van der Waals surface area contributed by atoms with E-state index in [1.54, 1.807) is 12.1 Å². The van der Waals surface area contributed by atoms with Gasteiger partial charge in [-0.2, -0.15) is 9.97 Å². The lowest BCUT2D eigenvalue weighted by Gasteiger charge is -2.19. The Bertz CT molecular complexity index is 2500. The van der Waals surface area contributed by atoms with Crippen molar-refractivity contribution in [1.29, 1.82) is 0 Å². The highest BCUT2D eigenvalue weighted by molar-refractivity contribution is 6.09. The van der Waals surface area contributed by atoms with Gasteiger partial charge in [-0.1, -0.05) is 30.3 Å². The molecule has 3 aromatic carbocycles. The third-order valence-corrected chi connectivity index (χ3v) is 8.62. The first kappa shape index (κ1) is 32.8. The number of amides is 1. The summed E-state index contributed by atoms with van der Waals surface area (Å²) in [7, 11) is 7.79. The Labute approximate surface area is 292 Å². The van der Waals surface area contributed by atoms with Crippen molar-refractivity contribution in [3.63, 3.8) is 0 Å². The van der Waals surface area contributed by atoms with Crippen LogP contribution in [0.2, 0.25) is 0 Å². The summed E-state index contributed by atoms with van der Waals surface area (Å²) in [5.41, 5.74) is 12.2. The molecule has 0 saturated heterocycles. The molecule has 0 saturated carbocycles. The Hall–Kier alpha value is -6.76. The summed E-state index contributed by atoms with van der Waals surface area (Å²) in [6, 6.07) is 24.0. The number of carboxylic acid groups (broad SMARTS) is 1. The quantitative estimate of drug-likeness (QED) is 0.123. The first-order valence-electron chi connectivity index (χ1n) is 16.1. The summed E-state index contributed by atoms with van der Waals surface area (Å²) in [5, 5.41) is 15.0. The Morgan fingerprint density at radius 3 is 2.47 bits per heavy atom. The first-order chi connectivity index (χ1) is 24.5. The third kappa shape index (κ3) is 6.52. The zero-order chi connectivity index (χ0) is 35.8. The highest BCUT2D eigenvalue weighted by atomic mass is 16.5. The largest absolute Gasteiger partial charge is 0.478 e. The van der Waals surface area contributed by atoms with E-state index in [0.717, 1.165) is 33.1 Å². The maximum absolute atomic E-state index is 13.3. The lowest BCUT2D eigenvalue weighted by atomic mass is 9.89. The van der Waals surface area contributed by atoms with Gasteiger partial charge in [-0.15, -0.1) is 0 Å². The molecule has 13 nitrogen and oxygen atoms in total. The summed E-state index contributed by atoms with van der Waals surface area (Å²) < 4.78 is 14.2. The van der Waals surface area contributed by atoms with Crippen molar-refractivity contribution in [3.05, 3.63) is 113 Å². The first-order valence-corrected chi connectivity index (χ1v) is 16.1. The summed E-state index contributed by atoms with van der Waals surface area (Å²) in [5.74, 6) is -0.559. The van der Waals surface area contributed by atoms with Gasteiger partial charge in [-0.05, 0) is 47.0 Å². The topological polar surface area (TPSA) is 176 Å². The van der Waals surface area contributed by atoms with Crippen molar-refractivity contribution in [2.75, 3.05) is 38.8 Å². The summed E-state index contributed by atoms with van der Waals surface area (Å²) in [4.78, 5) is 43.3. The van der Waals surface area contributed by atoms with E-state index < -0.39 is 11.9 Å². The number of nitrogens with zero attached hydrogens (tertiary/aromatic N) is 5. The minimum absolute atomic E-state index is 0.00650. The third-order valence-electron chi connectivity index (χ3n) is 8.62. The normalized spacial score (nSPS) is 11.2. The fourth-order valence-corrected chi connectivity index (χ4v) is 5.91. The van der Waals surface area contributed by atoms with Gasteiger partial charge in [0.1, 0.15) is 37.6 Å². The molecule has 2 aromatic heterocycles. The summed E-state index contributed by atoms with van der Waals surface area (Å²) in [6.45, 7) is 0.467. The number of nitrogens with one attached hydrogen (secondary N) is 2. The number of imidazole rings is 1. The highest BCUT2D eigenvalue weighted by Crippen LogP contribution is 2.42. The number of H-pyrrole nitrogens is 1. The molecule has 5 N–H and O–H groups in total. The lowest BCUT2D eigenvalue weighted by Crippen LogP contribution is -2.23. The van der Waals surface area contributed by atoms with Crippen LogP contribution in [0.5, 0.6) is 5.88 Å². The molecule has 2 aliphatic rings. The number of fused-ring (bicyclic) bond motifs is 3. The van der Waals surface area contributed by atoms with Crippen LogP contribution >= 0.6 is 0 Å². The number of aromatic nitrogens is 4. The number of aromatic amines is 1. The molecule has 7 rings (SSSR count). The molecular formula is C38H35N8O5+. The number of carbonyl (C=O) groups is 2. The molecule has 1 aliphatic carbocycles. The summed E-state index contributed by atoms with van der Waals surface area (Å²) >= 11 is 0. The van der Waals surface area contributed by atoms with Gasteiger partial charge in [0.25, 0.3) is 5.91 Å². The Kier molecular flexibility index (Phi) is 8.53. The zero-order valence-corrected chi connectivity index (χ0v) is 28.4. The van der Waals surface area contributed by atoms with Gasteiger partial charge in [-0.3, -0.25) is 4.79 Å². The van der Waals surface area contributed by atoms with E-state index >= 15 is 0 Å². The van der Waals surface area contributed by atoms with Crippen molar-refractivity contribution in [2.24, 2.45) is 0 Å². The van der Waals surface area contributed by atoms with E-state index in [9.17, 15) is 14.7 Å². The average Bonchev–Trinajstić information content (AvgIpc) is 3.60. The van der Waals surface area contributed by atoms with Crippen LogP contribution in [0.4, 0.5) is 11.6 Å². The van der Waals surface area contributed by atoms with Gasteiger partial charge in [0.2, 0.25) is 17.2 Å². The van der Waals surface area contributed by atoms with Gasteiger partial charge in [0, 0.05) is 60.5 Å². The molecule has 0 radical (unpaired) electrons. The van der Waals surface area contributed by atoms with E-state index in [4.69, 9.17) is 14.9 Å². The van der Waals surface area contributed by atoms with E-state index in [1.807, 2.05) is 98.3 Å². The number of hydrogen-bond donors (Lipinski definition) is 4. The maximum atomic E-state index is 13.3. The van der Waals surface area contributed by atoms with Gasteiger partial charge >= 0.3 is 5.97 Å². The fraction of sp³-hybridized carbons (Fsp3) is 0.158. The van der Waals surface area contributed by atoms with Gasteiger partial charge in [-0.25, -0.2) is 14.4 Å². The van der Waals surface area contributed by atoms with Crippen molar-refractivity contribution >= 4 is 45.6 Å². The molecule has 13 heteroatoms. The van der Waals surface area contributed by atoms with E-state index in [0.29, 0.717) is 39.5 Å². The van der Waals surface area contributed by atoms with Crippen LogP contribution in [0.1, 0.15) is 31.8 Å². The average molecular weight is 684 g/mol. The molecular weight excluding hydrogens is 648 g/mol. The molecule has 0 fully saturated rings. The van der Waals surface area contributed by atoms with Crippen LogP contribution in [0.15, 0.2) is 89.6 Å². The van der Waals surface area contributed by atoms with Crippen LogP contribution in [0.25, 0.3) is 44.6 Å². The number of nitrogen functional groups attached to an aromatic ring is 1. The van der Waals surface area contributed by atoms with Crippen molar-refractivity contribution in [2.45, 2.75) is 13.2 Å². The molecule has 51 heavy (non-hydrogen) atoms. The number of ether oxygens (including phenoxy) is 1. The zero-order valence-electron chi connectivity index (χ0n) is 28.4. The predicted molar refractivity (Wildman–Crippen MR) is 195 cm³/mol. The van der Waals surface area contributed by atoms with Crippen LogP contribution < -0.4 is 30.6 Å². The van der Waals surface area contributed by atoms with E-state index in [2.05, 4.69) is 25.3 Å². The van der Waals surface area contributed by atoms with Crippen LogP contribution in [0, 0.1) is 0 Å². The van der Waals surface area contributed by atoms with Crippen LogP contribution in [-0.2, 0) is 13.2 Å². The number of rotatable bonds is 9. The molecule has 0 bridgehead atoms. The minimum Gasteiger partial charge on any atom is -0.478 e. The molecule has 0 spiro atoms. The number of anilines is 2. The predicted octanol–water partition coefficient (Wildman–Crippen LogP) is 4.76. The van der Waals surface area contributed by atoms with Crippen molar-refractivity contribution < 1.29 is 23.8 Å². The van der Waals surface area contributed by atoms with E-state index in [-0.39, 0.29) is 30.2 Å². The monoisotopic (exact) mass is 683 g/mol. The number of hydrogen-bond acceptors (Lipinski definition) is 9. The molecule has 5 aromatic rings. The molecule has 0 unspecified atom stereocenters. The second-order valence-corrected chi connectivity index (χ2v) is 12.5. The van der Waals surface area contributed by atoms with Crippen LogP contribution in [-0.4, -0.2) is 65.1 Å². The molecule has 256 valence electrons. The van der Waals surface area contributed by atoms with Gasteiger partial charge in [0.15, 0.2) is 5.65 Å². The number of benzene rings is 4. The Morgan fingerprint density at radius 2 is 1.73 bits per heavy atom. The lowest BCUT2D eigenvalue weighted by molar-refractivity contribution is 0.0697. The molecule has 1 aliphatic heterocycles. The van der Waals surface area contributed by atoms with Crippen LogP contribution in [0.3, 0.4) is 0 Å². The molecule has 1 amide bonds. The standard InChI is InChI=1S/C38H34N8O5/c1-45(2)24-10-13-27-30(16-24)51-31-17-25(46(3)4)11-14-28(31)32(27)26-12-9-23(15-29(26)37(48)49)35(47)40-18-21-5-7-22(8-6-21)19-50-36-33-34(42-20-41-33)43-38(39)44-36/h5-17,20,39-40H,18-19H2,1-4H3,(H2,47,48,49)/p+1. The van der Waals surface area contributed by atoms with Gasteiger partial charge in [0.05, 0.1) is 18.0 Å². The minimum atomic E-state index is -1.15. The second kappa shape index (κ2) is 13.3. The second-order valence-electron chi connectivity index (χ2n) is 12.5. The molecule has 3 heterocycles. The van der Waals surface area contributed by atoms with Crippen molar-refractivity contribution in [3.8, 4) is 28.3 Å². The number of carbonyl (C=O) groups excluding carboxylic acids is 1. The van der Waals surface area contributed by atoms with Crippen molar-refractivity contribution in [1.82, 2.24) is 29.8 Å². The number of nitrogens with two attached hydrogens (primary N) is 1. The van der Waals surface area contributed by atoms with Gasteiger partial charge < -0.3 is 35.2 Å². The SMILES string of the molecule is CN(C)c1ccc2c(-c3ccc(C(=O)NCc4ccc(COc5nc(N)nc6nc[nH]c56)cc4)cc3C(=O)O)c3ccc(=[N+](C)C)cc-3oc2c1. The Morgan fingerprint density at radius 1 is 0.961 bits per heavy atom. The smallest absolute Gasteiger partial charge is 0.336 e.